The maximum atomic E-state index is 12.4. The predicted molar refractivity (Wildman–Crippen MR) is 95.6 cm³/mol. The molecule has 8 nitrogen and oxygen atoms in total. The van der Waals surface area contributed by atoms with E-state index in [-0.39, 0.29) is 17.5 Å². The molecule has 0 aromatic carbocycles. The Balaban J connectivity index is 1.53. The van der Waals surface area contributed by atoms with E-state index in [0.29, 0.717) is 18.8 Å². The number of anilines is 1. The van der Waals surface area contributed by atoms with Crippen LogP contribution < -0.4 is 10.1 Å². The molecule has 0 radical (unpaired) electrons. The lowest BCUT2D eigenvalue weighted by Crippen LogP contribution is -2.49. The van der Waals surface area contributed by atoms with Crippen molar-refractivity contribution in [2.75, 3.05) is 38.6 Å². The molecule has 0 aliphatic carbocycles. The van der Waals surface area contributed by atoms with Crippen molar-refractivity contribution in [1.82, 2.24) is 19.8 Å². The second kappa shape index (κ2) is 8.27. The maximum Gasteiger partial charge on any atom is 0.321 e. The number of carbonyl (C=O) groups excluding carboxylic acids is 1. The predicted octanol–water partition coefficient (Wildman–Crippen LogP) is 1.71. The van der Waals surface area contributed by atoms with Crippen molar-refractivity contribution in [3.8, 4) is 11.9 Å². The molecule has 0 spiro atoms. The first-order valence-electron chi connectivity index (χ1n) is 8.31. The Morgan fingerprint density at radius 2 is 2.15 bits per heavy atom. The Morgan fingerprint density at radius 3 is 2.81 bits per heavy atom. The van der Waals surface area contributed by atoms with Gasteiger partial charge in [-0.1, -0.05) is 6.07 Å². The Kier molecular flexibility index (Phi) is 5.61. The molecule has 8 heteroatoms. The number of nitrogens with zero attached hydrogens (tertiary/aromatic N) is 5. The second-order valence-electron chi connectivity index (χ2n) is 5.95. The van der Waals surface area contributed by atoms with Gasteiger partial charge in [0.05, 0.1) is 19.0 Å². The molecule has 1 aliphatic heterocycles. The van der Waals surface area contributed by atoms with E-state index in [1.807, 2.05) is 18.3 Å². The molecule has 3 heterocycles. The minimum atomic E-state index is -0.193. The molecule has 134 valence electrons. The molecule has 2 amide bonds. The van der Waals surface area contributed by atoms with Gasteiger partial charge in [0.25, 0.3) is 0 Å². The zero-order valence-corrected chi connectivity index (χ0v) is 14.6. The molecule has 0 bridgehead atoms. The number of aromatic nitrogens is 2. The fourth-order valence-electron chi connectivity index (χ4n) is 2.82. The first kappa shape index (κ1) is 17.6. The molecule has 1 N–H and O–H groups in total. The van der Waals surface area contributed by atoms with Crippen LogP contribution >= 0.6 is 0 Å². The number of carbonyl (C=O) groups is 1. The van der Waals surface area contributed by atoms with Crippen molar-refractivity contribution in [2.45, 2.75) is 6.54 Å². The number of hydrogen-bond donors (Lipinski definition) is 1. The molecular formula is C18H20N6O2. The van der Waals surface area contributed by atoms with Gasteiger partial charge in [0.2, 0.25) is 5.88 Å². The summed E-state index contributed by atoms with van der Waals surface area (Å²) in [5.41, 5.74) is 1.93. The standard InChI is InChI=1S/C18H20N6O2/c1-26-17-15(10-19)9-16(12-21-17)22-18(25)24-7-5-23(6-8-24)13-14-3-2-4-20-11-14/h2-4,9,11-12H,5-8,13H2,1H3,(H,22,25). The third kappa shape index (κ3) is 4.26. The minimum Gasteiger partial charge on any atom is -0.480 e. The molecule has 2 aromatic heterocycles. The molecule has 0 atom stereocenters. The highest BCUT2D eigenvalue weighted by molar-refractivity contribution is 5.89. The monoisotopic (exact) mass is 352 g/mol. The van der Waals surface area contributed by atoms with Crippen molar-refractivity contribution in [3.05, 3.63) is 47.9 Å². The number of methoxy groups -OCH3 is 1. The maximum absolute atomic E-state index is 12.4. The summed E-state index contributed by atoms with van der Waals surface area (Å²) in [6.07, 6.45) is 5.11. The molecule has 2 aromatic rings. The Morgan fingerprint density at radius 1 is 1.35 bits per heavy atom. The van der Waals surface area contributed by atoms with Gasteiger partial charge in [0, 0.05) is 45.1 Å². The molecule has 26 heavy (non-hydrogen) atoms. The summed E-state index contributed by atoms with van der Waals surface area (Å²) < 4.78 is 5.01. The van der Waals surface area contributed by atoms with Gasteiger partial charge in [-0.2, -0.15) is 5.26 Å². The Labute approximate surface area is 152 Å². The van der Waals surface area contributed by atoms with Crippen molar-refractivity contribution >= 4 is 11.7 Å². The van der Waals surface area contributed by atoms with E-state index in [2.05, 4.69) is 26.3 Å². The first-order valence-corrected chi connectivity index (χ1v) is 8.31. The smallest absolute Gasteiger partial charge is 0.321 e. The molecule has 0 unspecified atom stereocenters. The summed E-state index contributed by atoms with van der Waals surface area (Å²) in [4.78, 5) is 24.6. The van der Waals surface area contributed by atoms with E-state index >= 15 is 0 Å². The second-order valence-corrected chi connectivity index (χ2v) is 5.95. The number of pyridine rings is 2. The fraction of sp³-hybridized carbons (Fsp3) is 0.333. The van der Waals surface area contributed by atoms with Crippen LogP contribution in [0, 0.1) is 11.3 Å². The first-order chi connectivity index (χ1) is 12.7. The van der Waals surface area contributed by atoms with Crippen LogP contribution in [-0.2, 0) is 6.54 Å². The van der Waals surface area contributed by atoms with Crippen LogP contribution in [0.15, 0.2) is 36.8 Å². The summed E-state index contributed by atoms with van der Waals surface area (Å²) >= 11 is 0. The lowest BCUT2D eigenvalue weighted by Gasteiger charge is -2.34. The van der Waals surface area contributed by atoms with E-state index in [1.54, 1.807) is 17.2 Å². The SMILES string of the molecule is COc1ncc(NC(=O)N2CCN(Cc3cccnc3)CC2)cc1C#N. The minimum absolute atomic E-state index is 0.193. The van der Waals surface area contributed by atoms with E-state index < -0.39 is 0 Å². The van der Waals surface area contributed by atoms with Gasteiger partial charge < -0.3 is 15.0 Å². The van der Waals surface area contributed by atoms with Gasteiger partial charge in [-0.15, -0.1) is 0 Å². The lowest BCUT2D eigenvalue weighted by atomic mass is 10.2. The number of rotatable bonds is 4. The van der Waals surface area contributed by atoms with E-state index in [9.17, 15) is 4.79 Å². The van der Waals surface area contributed by atoms with Gasteiger partial charge >= 0.3 is 6.03 Å². The van der Waals surface area contributed by atoms with Gasteiger partial charge in [-0.25, -0.2) is 9.78 Å². The highest BCUT2D eigenvalue weighted by atomic mass is 16.5. The van der Waals surface area contributed by atoms with Crippen LogP contribution in [0.25, 0.3) is 0 Å². The van der Waals surface area contributed by atoms with Crippen LogP contribution in [0.3, 0.4) is 0 Å². The number of piperazine rings is 1. The molecule has 1 saturated heterocycles. The number of hydrogen-bond acceptors (Lipinski definition) is 6. The number of urea groups is 1. The van der Waals surface area contributed by atoms with Crippen LogP contribution in [-0.4, -0.2) is 59.1 Å². The lowest BCUT2D eigenvalue weighted by molar-refractivity contribution is 0.143. The van der Waals surface area contributed by atoms with Gasteiger partial charge in [0.1, 0.15) is 11.6 Å². The molecular weight excluding hydrogens is 332 g/mol. The van der Waals surface area contributed by atoms with Crippen molar-refractivity contribution in [2.24, 2.45) is 0 Å². The van der Waals surface area contributed by atoms with E-state index in [0.717, 1.165) is 19.6 Å². The largest absolute Gasteiger partial charge is 0.480 e. The molecule has 1 aliphatic rings. The van der Waals surface area contributed by atoms with Crippen molar-refractivity contribution in [3.63, 3.8) is 0 Å². The summed E-state index contributed by atoms with van der Waals surface area (Å²) in [7, 11) is 1.45. The topological polar surface area (TPSA) is 94.4 Å². The average Bonchev–Trinajstić information content (AvgIpc) is 2.69. The number of ether oxygens (including phenoxy) is 1. The summed E-state index contributed by atoms with van der Waals surface area (Å²) in [5, 5.41) is 11.9. The van der Waals surface area contributed by atoms with Crippen molar-refractivity contribution in [1.29, 1.82) is 5.26 Å². The van der Waals surface area contributed by atoms with Crippen LogP contribution in [0.2, 0.25) is 0 Å². The Hall–Kier alpha value is -3.18. The summed E-state index contributed by atoms with van der Waals surface area (Å²) in [6, 6.07) is 7.35. The molecule has 0 saturated carbocycles. The fourth-order valence-corrected chi connectivity index (χ4v) is 2.82. The van der Waals surface area contributed by atoms with Crippen molar-refractivity contribution < 1.29 is 9.53 Å². The average molecular weight is 352 g/mol. The quantitative estimate of drug-likeness (QED) is 0.900. The highest BCUT2D eigenvalue weighted by Gasteiger charge is 2.21. The van der Waals surface area contributed by atoms with E-state index in [4.69, 9.17) is 10.00 Å². The Bertz CT molecular complexity index is 797. The highest BCUT2D eigenvalue weighted by Crippen LogP contribution is 2.18. The molecule has 3 rings (SSSR count). The van der Waals surface area contributed by atoms with Crippen LogP contribution in [0.1, 0.15) is 11.1 Å². The zero-order chi connectivity index (χ0) is 18.4. The van der Waals surface area contributed by atoms with Gasteiger partial charge in [-0.05, 0) is 17.7 Å². The number of nitriles is 1. The van der Waals surface area contributed by atoms with Gasteiger partial charge in [0.15, 0.2) is 0 Å². The van der Waals surface area contributed by atoms with Crippen LogP contribution in [0.4, 0.5) is 10.5 Å². The third-order valence-electron chi connectivity index (χ3n) is 4.20. The number of amides is 2. The zero-order valence-electron chi connectivity index (χ0n) is 14.6. The molecule has 1 fully saturated rings. The van der Waals surface area contributed by atoms with E-state index in [1.165, 1.54) is 18.9 Å². The summed E-state index contributed by atoms with van der Waals surface area (Å²) in [5.74, 6) is 0.245. The normalized spacial score (nSPS) is 14.5. The third-order valence-corrected chi connectivity index (χ3v) is 4.20. The summed E-state index contributed by atoms with van der Waals surface area (Å²) in [6.45, 7) is 3.71. The number of nitrogens with one attached hydrogen (secondary N) is 1. The van der Waals surface area contributed by atoms with Crippen LogP contribution in [0.5, 0.6) is 5.88 Å². The van der Waals surface area contributed by atoms with Gasteiger partial charge in [-0.3, -0.25) is 9.88 Å².